The molecule has 0 saturated heterocycles. The van der Waals surface area contributed by atoms with E-state index in [4.69, 9.17) is 27.9 Å². The molecule has 0 atom stereocenters. The van der Waals surface area contributed by atoms with Gasteiger partial charge in [0.1, 0.15) is 5.75 Å². The Morgan fingerprint density at radius 3 is 2.64 bits per heavy atom. The summed E-state index contributed by atoms with van der Waals surface area (Å²) in [6, 6.07) is 10.6. The van der Waals surface area contributed by atoms with Crippen molar-refractivity contribution in [1.82, 2.24) is 0 Å². The molecule has 116 valence electrons. The molecule has 4 nitrogen and oxygen atoms in total. The van der Waals surface area contributed by atoms with Gasteiger partial charge in [0.2, 0.25) is 5.91 Å². The minimum absolute atomic E-state index is 0.120. The highest BCUT2D eigenvalue weighted by Gasteiger charge is 2.07. The smallest absolute Gasteiger partial charge is 0.243 e. The van der Waals surface area contributed by atoms with Crippen LogP contribution in [0.25, 0.3) is 0 Å². The summed E-state index contributed by atoms with van der Waals surface area (Å²) in [5.74, 6) is 0.420. The summed E-state index contributed by atoms with van der Waals surface area (Å²) in [4.78, 5) is 12.0. The molecule has 0 fully saturated rings. The Morgan fingerprint density at radius 2 is 1.95 bits per heavy atom. The van der Waals surface area contributed by atoms with Crippen molar-refractivity contribution in [2.24, 2.45) is 0 Å². The largest absolute Gasteiger partial charge is 0.495 e. The van der Waals surface area contributed by atoms with Crippen LogP contribution in [0.5, 0.6) is 5.75 Å². The second kappa shape index (κ2) is 7.38. The standard InChI is InChI=1S/C16H16Cl2N2O2/c1-10-12(17)4-3-5-14(10)20-16(21)9-19-11-6-7-15(22-2)13(18)8-11/h3-8,19H,9H2,1-2H3,(H,20,21). The van der Waals surface area contributed by atoms with Crippen molar-refractivity contribution >= 4 is 40.5 Å². The number of hydrogen-bond acceptors (Lipinski definition) is 3. The Kier molecular flexibility index (Phi) is 5.52. The van der Waals surface area contributed by atoms with E-state index in [2.05, 4.69) is 10.6 Å². The lowest BCUT2D eigenvalue weighted by atomic mass is 10.2. The first kappa shape index (κ1) is 16.5. The van der Waals surface area contributed by atoms with Crippen molar-refractivity contribution in [2.45, 2.75) is 6.92 Å². The number of halogens is 2. The minimum Gasteiger partial charge on any atom is -0.495 e. The molecule has 2 N–H and O–H groups in total. The van der Waals surface area contributed by atoms with E-state index in [0.717, 1.165) is 11.3 Å². The van der Waals surface area contributed by atoms with Crippen LogP contribution in [0.2, 0.25) is 10.0 Å². The number of methoxy groups -OCH3 is 1. The molecule has 0 aliphatic rings. The summed E-state index contributed by atoms with van der Waals surface area (Å²) in [6.45, 7) is 1.98. The molecule has 1 amide bonds. The Morgan fingerprint density at radius 1 is 1.18 bits per heavy atom. The lowest BCUT2D eigenvalue weighted by Gasteiger charge is -2.11. The third-order valence-electron chi connectivity index (χ3n) is 3.15. The Bertz CT molecular complexity index is 690. The molecule has 0 aliphatic heterocycles. The van der Waals surface area contributed by atoms with Crippen molar-refractivity contribution in [3.05, 3.63) is 52.0 Å². The molecule has 0 aliphatic carbocycles. The van der Waals surface area contributed by atoms with Gasteiger partial charge in [-0.2, -0.15) is 0 Å². The van der Waals surface area contributed by atoms with E-state index < -0.39 is 0 Å². The first-order chi connectivity index (χ1) is 10.5. The first-order valence-corrected chi connectivity index (χ1v) is 7.39. The second-order valence-corrected chi connectivity index (χ2v) is 5.48. The molecule has 2 aromatic carbocycles. The van der Waals surface area contributed by atoms with Crippen molar-refractivity contribution in [2.75, 3.05) is 24.3 Å². The number of rotatable bonds is 5. The van der Waals surface area contributed by atoms with Crippen LogP contribution in [0.4, 0.5) is 11.4 Å². The average Bonchev–Trinajstić information content (AvgIpc) is 2.50. The number of hydrogen-bond donors (Lipinski definition) is 2. The van der Waals surface area contributed by atoms with Crippen molar-refractivity contribution < 1.29 is 9.53 Å². The van der Waals surface area contributed by atoms with E-state index in [0.29, 0.717) is 21.5 Å². The Labute approximate surface area is 139 Å². The minimum atomic E-state index is -0.169. The molecule has 0 aromatic heterocycles. The summed E-state index contributed by atoms with van der Waals surface area (Å²) < 4.78 is 5.08. The highest BCUT2D eigenvalue weighted by atomic mass is 35.5. The van der Waals surface area contributed by atoms with Gasteiger partial charge >= 0.3 is 0 Å². The van der Waals surface area contributed by atoms with Gasteiger partial charge in [-0.15, -0.1) is 0 Å². The van der Waals surface area contributed by atoms with E-state index in [1.165, 1.54) is 0 Å². The summed E-state index contributed by atoms with van der Waals surface area (Å²) in [7, 11) is 1.55. The predicted molar refractivity (Wildman–Crippen MR) is 91.3 cm³/mol. The van der Waals surface area contributed by atoms with Crippen LogP contribution in [0.3, 0.4) is 0 Å². The average molecular weight is 339 g/mol. The van der Waals surface area contributed by atoms with Crippen LogP contribution in [0.15, 0.2) is 36.4 Å². The van der Waals surface area contributed by atoms with E-state index in [-0.39, 0.29) is 12.5 Å². The monoisotopic (exact) mass is 338 g/mol. The van der Waals surface area contributed by atoms with Gasteiger partial charge < -0.3 is 15.4 Å². The molecular formula is C16H16Cl2N2O2. The van der Waals surface area contributed by atoms with Gasteiger partial charge in [0.15, 0.2) is 0 Å². The summed E-state index contributed by atoms with van der Waals surface area (Å²) in [5, 5.41) is 6.92. The zero-order valence-corrected chi connectivity index (χ0v) is 13.8. The predicted octanol–water partition coefficient (Wildman–Crippen LogP) is 4.36. The maximum Gasteiger partial charge on any atom is 0.243 e. The SMILES string of the molecule is COc1ccc(NCC(=O)Nc2cccc(Cl)c2C)cc1Cl. The van der Waals surface area contributed by atoms with Gasteiger partial charge in [0.25, 0.3) is 0 Å². The molecule has 0 bridgehead atoms. The van der Waals surface area contributed by atoms with E-state index in [1.807, 2.05) is 13.0 Å². The Hall–Kier alpha value is -1.91. The molecule has 22 heavy (non-hydrogen) atoms. The zero-order chi connectivity index (χ0) is 16.1. The fourth-order valence-electron chi connectivity index (χ4n) is 1.90. The highest BCUT2D eigenvalue weighted by molar-refractivity contribution is 6.32. The number of carbonyl (C=O) groups is 1. The third-order valence-corrected chi connectivity index (χ3v) is 3.85. The summed E-state index contributed by atoms with van der Waals surface area (Å²) >= 11 is 12.1. The summed E-state index contributed by atoms with van der Waals surface area (Å²) in [6.07, 6.45) is 0. The zero-order valence-electron chi connectivity index (χ0n) is 12.2. The van der Waals surface area contributed by atoms with Crippen LogP contribution in [-0.4, -0.2) is 19.6 Å². The van der Waals surface area contributed by atoms with E-state index in [1.54, 1.807) is 37.4 Å². The third kappa shape index (κ3) is 4.06. The summed E-state index contributed by atoms with van der Waals surface area (Å²) in [5.41, 5.74) is 2.28. The lowest BCUT2D eigenvalue weighted by Crippen LogP contribution is -2.22. The normalized spacial score (nSPS) is 10.2. The molecule has 0 saturated carbocycles. The molecule has 0 spiro atoms. The molecule has 2 aromatic rings. The van der Waals surface area contributed by atoms with E-state index in [9.17, 15) is 4.79 Å². The van der Waals surface area contributed by atoms with Crippen molar-refractivity contribution in [3.63, 3.8) is 0 Å². The number of ether oxygens (including phenoxy) is 1. The van der Waals surface area contributed by atoms with E-state index >= 15 is 0 Å². The number of nitrogens with one attached hydrogen (secondary N) is 2. The maximum atomic E-state index is 12.0. The van der Waals surface area contributed by atoms with Crippen LogP contribution in [-0.2, 0) is 4.79 Å². The first-order valence-electron chi connectivity index (χ1n) is 6.63. The molecular weight excluding hydrogens is 323 g/mol. The van der Waals surface area contributed by atoms with Gasteiger partial charge in [-0.25, -0.2) is 0 Å². The maximum absolute atomic E-state index is 12.0. The second-order valence-electron chi connectivity index (χ2n) is 4.66. The molecule has 0 radical (unpaired) electrons. The van der Waals surface area contributed by atoms with Crippen LogP contribution < -0.4 is 15.4 Å². The number of anilines is 2. The van der Waals surface area contributed by atoms with Gasteiger partial charge in [-0.1, -0.05) is 29.3 Å². The van der Waals surface area contributed by atoms with Gasteiger partial charge in [-0.3, -0.25) is 4.79 Å². The molecule has 0 unspecified atom stereocenters. The fraction of sp³-hybridized carbons (Fsp3) is 0.188. The number of amides is 1. The van der Waals surface area contributed by atoms with Gasteiger partial charge in [-0.05, 0) is 42.8 Å². The number of benzene rings is 2. The molecule has 2 rings (SSSR count). The number of carbonyl (C=O) groups excluding carboxylic acids is 1. The quantitative estimate of drug-likeness (QED) is 0.851. The molecule has 0 heterocycles. The lowest BCUT2D eigenvalue weighted by molar-refractivity contribution is -0.114. The van der Waals surface area contributed by atoms with Gasteiger partial charge in [0, 0.05) is 16.4 Å². The highest BCUT2D eigenvalue weighted by Crippen LogP contribution is 2.27. The van der Waals surface area contributed by atoms with Crippen molar-refractivity contribution in [3.8, 4) is 5.75 Å². The van der Waals surface area contributed by atoms with Crippen LogP contribution in [0, 0.1) is 6.92 Å². The Balaban J connectivity index is 1.95. The fourth-order valence-corrected chi connectivity index (χ4v) is 2.33. The molecule has 6 heteroatoms. The van der Waals surface area contributed by atoms with Gasteiger partial charge in [0.05, 0.1) is 18.7 Å². The topological polar surface area (TPSA) is 50.4 Å². The van der Waals surface area contributed by atoms with Crippen LogP contribution in [0.1, 0.15) is 5.56 Å². The van der Waals surface area contributed by atoms with Crippen molar-refractivity contribution in [1.29, 1.82) is 0 Å². The van der Waals surface area contributed by atoms with Crippen LogP contribution >= 0.6 is 23.2 Å².